The number of phenolic OH excluding ortho intramolecular Hbond substituents is 1. The van der Waals surface area contributed by atoms with E-state index in [9.17, 15) is 15.2 Å². The number of nitriles is 1. The molecule has 0 atom stereocenters. The van der Waals surface area contributed by atoms with Crippen molar-refractivity contribution in [1.82, 2.24) is 0 Å². The van der Waals surface area contributed by atoms with Crippen molar-refractivity contribution in [2.24, 2.45) is 0 Å². The molecule has 2 aromatic carbocycles. The molecular formula is C18H15BrN2O3. The standard InChI is InChI=1S/C18H15BrN2O3/c1-11-5-3-4-6-15(11)21-18(23)13(10-20)7-12-8-14(19)9-16(24-2)17(12)22/h3-9,22H,1-2H3,(H,21,23). The van der Waals surface area contributed by atoms with E-state index in [4.69, 9.17) is 4.74 Å². The zero-order chi connectivity index (χ0) is 17.7. The molecule has 2 aromatic rings. The van der Waals surface area contributed by atoms with Gasteiger partial charge in [0.15, 0.2) is 11.5 Å². The summed E-state index contributed by atoms with van der Waals surface area (Å²) < 4.78 is 5.71. The Kier molecular flexibility index (Phi) is 5.61. The number of carbonyl (C=O) groups excluding carboxylic acids is 1. The number of hydrogen-bond donors (Lipinski definition) is 2. The zero-order valence-corrected chi connectivity index (χ0v) is 14.7. The summed E-state index contributed by atoms with van der Waals surface area (Å²) in [6.45, 7) is 1.86. The molecule has 0 radical (unpaired) electrons. The van der Waals surface area contributed by atoms with Gasteiger partial charge in [-0.25, -0.2) is 0 Å². The van der Waals surface area contributed by atoms with Crippen molar-refractivity contribution in [3.05, 3.63) is 57.6 Å². The van der Waals surface area contributed by atoms with Crippen LogP contribution in [0.25, 0.3) is 6.08 Å². The van der Waals surface area contributed by atoms with Crippen LogP contribution in [-0.4, -0.2) is 18.1 Å². The van der Waals surface area contributed by atoms with Crippen LogP contribution in [0.15, 0.2) is 46.4 Å². The van der Waals surface area contributed by atoms with Crippen LogP contribution in [0.3, 0.4) is 0 Å². The molecule has 2 N–H and O–H groups in total. The number of anilines is 1. The molecule has 0 saturated heterocycles. The largest absolute Gasteiger partial charge is 0.504 e. The molecule has 2 rings (SSSR count). The van der Waals surface area contributed by atoms with E-state index in [0.29, 0.717) is 15.7 Å². The van der Waals surface area contributed by atoms with Crippen LogP contribution in [0.2, 0.25) is 0 Å². The van der Waals surface area contributed by atoms with Crippen LogP contribution in [0.1, 0.15) is 11.1 Å². The number of amides is 1. The average molecular weight is 387 g/mol. The Morgan fingerprint density at radius 2 is 2.08 bits per heavy atom. The number of methoxy groups -OCH3 is 1. The van der Waals surface area contributed by atoms with E-state index in [1.165, 1.54) is 13.2 Å². The van der Waals surface area contributed by atoms with Gasteiger partial charge in [0.2, 0.25) is 0 Å². The Hall–Kier alpha value is -2.78. The summed E-state index contributed by atoms with van der Waals surface area (Å²) in [6.07, 6.45) is 1.32. The van der Waals surface area contributed by atoms with Crippen LogP contribution in [-0.2, 0) is 4.79 Å². The molecular weight excluding hydrogens is 372 g/mol. The van der Waals surface area contributed by atoms with Crippen LogP contribution >= 0.6 is 15.9 Å². The van der Waals surface area contributed by atoms with E-state index in [1.54, 1.807) is 24.3 Å². The predicted molar refractivity (Wildman–Crippen MR) is 95.8 cm³/mol. The number of nitrogens with zero attached hydrogens (tertiary/aromatic N) is 1. The normalized spacial score (nSPS) is 10.8. The third-order valence-electron chi connectivity index (χ3n) is 3.35. The van der Waals surface area contributed by atoms with Gasteiger partial charge in [0.05, 0.1) is 7.11 Å². The first-order valence-corrected chi connectivity index (χ1v) is 7.81. The highest BCUT2D eigenvalue weighted by molar-refractivity contribution is 9.10. The second-order valence-corrected chi connectivity index (χ2v) is 5.90. The Morgan fingerprint density at radius 1 is 1.38 bits per heavy atom. The van der Waals surface area contributed by atoms with Gasteiger partial charge in [-0.15, -0.1) is 0 Å². The first-order valence-electron chi connectivity index (χ1n) is 7.01. The van der Waals surface area contributed by atoms with E-state index < -0.39 is 5.91 Å². The summed E-state index contributed by atoms with van der Waals surface area (Å²) in [5.74, 6) is -0.450. The zero-order valence-electron chi connectivity index (χ0n) is 13.1. The maximum Gasteiger partial charge on any atom is 0.266 e. The van der Waals surface area contributed by atoms with Gasteiger partial charge < -0.3 is 15.2 Å². The Bertz CT molecular complexity index is 854. The van der Waals surface area contributed by atoms with Gasteiger partial charge in [-0.3, -0.25) is 4.79 Å². The second kappa shape index (κ2) is 7.66. The van der Waals surface area contributed by atoms with Gasteiger partial charge >= 0.3 is 0 Å². The number of hydrogen-bond acceptors (Lipinski definition) is 4. The number of phenols is 1. The number of aryl methyl sites for hydroxylation is 1. The topological polar surface area (TPSA) is 82.3 Å². The van der Waals surface area contributed by atoms with Crippen molar-refractivity contribution in [3.63, 3.8) is 0 Å². The minimum absolute atomic E-state index is 0.131. The highest BCUT2D eigenvalue weighted by Gasteiger charge is 2.14. The van der Waals surface area contributed by atoms with Crippen LogP contribution in [0, 0.1) is 18.3 Å². The molecule has 0 aromatic heterocycles. The fourth-order valence-corrected chi connectivity index (χ4v) is 2.52. The Morgan fingerprint density at radius 3 is 2.71 bits per heavy atom. The highest BCUT2D eigenvalue weighted by Crippen LogP contribution is 2.34. The molecule has 0 spiro atoms. The molecule has 0 aliphatic rings. The molecule has 122 valence electrons. The summed E-state index contributed by atoms with van der Waals surface area (Å²) in [6, 6.07) is 12.3. The number of aromatic hydroxyl groups is 1. The lowest BCUT2D eigenvalue weighted by atomic mass is 10.1. The molecule has 5 nitrogen and oxygen atoms in total. The van der Waals surface area contributed by atoms with Crippen molar-refractivity contribution in [1.29, 1.82) is 5.26 Å². The van der Waals surface area contributed by atoms with Gasteiger partial charge in [0.1, 0.15) is 11.6 Å². The quantitative estimate of drug-likeness (QED) is 0.613. The number of nitrogens with one attached hydrogen (secondary N) is 1. The van der Waals surface area contributed by atoms with Crippen LogP contribution in [0.4, 0.5) is 5.69 Å². The molecule has 0 bridgehead atoms. The van der Waals surface area contributed by atoms with Crippen LogP contribution in [0.5, 0.6) is 11.5 Å². The number of rotatable bonds is 4. The van der Waals surface area contributed by atoms with E-state index >= 15 is 0 Å². The first-order chi connectivity index (χ1) is 11.5. The fourth-order valence-electron chi connectivity index (χ4n) is 2.07. The maximum atomic E-state index is 12.3. The third-order valence-corrected chi connectivity index (χ3v) is 3.81. The summed E-state index contributed by atoms with van der Waals surface area (Å²) in [5, 5.41) is 22.1. The monoisotopic (exact) mass is 386 g/mol. The summed E-state index contributed by atoms with van der Waals surface area (Å²) >= 11 is 3.30. The highest BCUT2D eigenvalue weighted by atomic mass is 79.9. The summed E-state index contributed by atoms with van der Waals surface area (Å²) in [4.78, 5) is 12.3. The smallest absolute Gasteiger partial charge is 0.266 e. The summed E-state index contributed by atoms with van der Waals surface area (Å²) in [7, 11) is 1.42. The summed E-state index contributed by atoms with van der Waals surface area (Å²) in [5.41, 5.74) is 1.68. The minimum atomic E-state index is -0.551. The van der Waals surface area contributed by atoms with E-state index in [-0.39, 0.29) is 17.1 Å². The number of benzene rings is 2. The average Bonchev–Trinajstić information content (AvgIpc) is 2.57. The SMILES string of the molecule is COc1cc(Br)cc(C=C(C#N)C(=O)Nc2ccccc2C)c1O. The van der Waals surface area contributed by atoms with Crippen molar-refractivity contribution < 1.29 is 14.6 Å². The Balaban J connectivity index is 2.37. The van der Waals surface area contributed by atoms with Gasteiger partial charge in [-0.2, -0.15) is 5.26 Å². The third kappa shape index (κ3) is 3.94. The molecule has 0 aliphatic carbocycles. The molecule has 1 amide bonds. The second-order valence-electron chi connectivity index (χ2n) is 4.98. The fraction of sp³-hybridized carbons (Fsp3) is 0.111. The number of ether oxygens (including phenoxy) is 1. The van der Waals surface area contributed by atoms with Crippen molar-refractivity contribution >= 4 is 33.6 Å². The molecule has 0 fully saturated rings. The first kappa shape index (κ1) is 17.6. The number of carbonyl (C=O) groups is 1. The lowest BCUT2D eigenvalue weighted by Crippen LogP contribution is -2.14. The molecule has 24 heavy (non-hydrogen) atoms. The molecule has 0 aliphatic heterocycles. The maximum absolute atomic E-state index is 12.3. The van der Waals surface area contributed by atoms with Crippen LogP contribution < -0.4 is 10.1 Å². The number of para-hydroxylation sites is 1. The van der Waals surface area contributed by atoms with Crippen molar-refractivity contribution in [2.75, 3.05) is 12.4 Å². The molecule has 0 unspecified atom stereocenters. The number of halogens is 1. The van der Waals surface area contributed by atoms with Crippen molar-refractivity contribution in [2.45, 2.75) is 6.92 Å². The lowest BCUT2D eigenvalue weighted by molar-refractivity contribution is -0.112. The van der Waals surface area contributed by atoms with Gasteiger partial charge in [0, 0.05) is 15.7 Å². The molecule has 0 saturated carbocycles. The van der Waals surface area contributed by atoms with E-state index in [0.717, 1.165) is 5.56 Å². The van der Waals surface area contributed by atoms with Gasteiger partial charge in [-0.05, 0) is 36.8 Å². The van der Waals surface area contributed by atoms with E-state index in [2.05, 4.69) is 21.2 Å². The molecule has 6 heteroatoms. The van der Waals surface area contributed by atoms with Gasteiger partial charge in [0.25, 0.3) is 5.91 Å². The van der Waals surface area contributed by atoms with Crippen molar-refractivity contribution in [3.8, 4) is 17.6 Å². The lowest BCUT2D eigenvalue weighted by Gasteiger charge is -2.09. The molecule has 0 heterocycles. The Labute approximate surface area is 148 Å². The predicted octanol–water partition coefficient (Wildman–Crippen LogP) is 4.02. The minimum Gasteiger partial charge on any atom is -0.504 e. The van der Waals surface area contributed by atoms with E-state index in [1.807, 2.05) is 25.1 Å². The van der Waals surface area contributed by atoms with Gasteiger partial charge in [-0.1, -0.05) is 34.1 Å².